The van der Waals surface area contributed by atoms with Gasteiger partial charge >= 0.3 is 0 Å². The normalized spacial score (nSPS) is 11.4. The predicted molar refractivity (Wildman–Crippen MR) is 113 cm³/mol. The van der Waals surface area contributed by atoms with E-state index in [1.165, 1.54) is 11.5 Å². The van der Waals surface area contributed by atoms with Gasteiger partial charge in [0.05, 0.1) is 23.6 Å². The molecule has 1 heterocycles. The molecule has 144 valence electrons. The van der Waals surface area contributed by atoms with E-state index in [2.05, 4.69) is 28.3 Å². The minimum Gasteiger partial charge on any atom is -0.494 e. The van der Waals surface area contributed by atoms with E-state index in [1.807, 2.05) is 30.3 Å². The molecular formula is C21H27N3O2S. The van der Waals surface area contributed by atoms with E-state index < -0.39 is 0 Å². The van der Waals surface area contributed by atoms with Gasteiger partial charge in [0.1, 0.15) is 5.75 Å². The Morgan fingerprint density at radius 2 is 1.93 bits per heavy atom. The zero-order valence-electron chi connectivity index (χ0n) is 15.7. The lowest BCUT2D eigenvalue weighted by molar-refractivity contribution is 0.195. The van der Waals surface area contributed by atoms with E-state index >= 15 is 0 Å². The SMILES string of the molecule is CCN(CCO)CCCCOc1ccc2c(-c3ccc(N)cc3)nsc2c1. The first-order valence-electron chi connectivity index (χ1n) is 9.42. The van der Waals surface area contributed by atoms with Crippen molar-refractivity contribution in [1.29, 1.82) is 0 Å². The molecule has 0 aliphatic carbocycles. The zero-order chi connectivity index (χ0) is 19.1. The van der Waals surface area contributed by atoms with Crippen LogP contribution in [0.3, 0.4) is 0 Å². The van der Waals surface area contributed by atoms with E-state index in [4.69, 9.17) is 15.6 Å². The van der Waals surface area contributed by atoms with Crippen LogP contribution in [0.1, 0.15) is 19.8 Å². The number of anilines is 1. The largest absolute Gasteiger partial charge is 0.494 e. The summed E-state index contributed by atoms with van der Waals surface area (Å²) in [5.74, 6) is 0.887. The molecule has 6 heteroatoms. The number of ether oxygens (including phenoxy) is 1. The smallest absolute Gasteiger partial charge is 0.120 e. The first kappa shape index (κ1) is 19.6. The lowest BCUT2D eigenvalue weighted by Gasteiger charge is -2.18. The molecule has 0 bridgehead atoms. The maximum atomic E-state index is 9.02. The van der Waals surface area contributed by atoms with Crippen LogP contribution in [0.4, 0.5) is 5.69 Å². The van der Waals surface area contributed by atoms with Gasteiger partial charge in [-0.1, -0.05) is 19.1 Å². The second kappa shape index (κ2) is 9.69. The molecule has 1 aromatic heterocycles. The van der Waals surface area contributed by atoms with Crippen LogP contribution in [0.15, 0.2) is 42.5 Å². The maximum Gasteiger partial charge on any atom is 0.120 e. The molecule has 5 nitrogen and oxygen atoms in total. The number of nitrogens with two attached hydrogens (primary N) is 1. The van der Waals surface area contributed by atoms with Crippen molar-refractivity contribution in [2.75, 3.05) is 38.6 Å². The summed E-state index contributed by atoms with van der Waals surface area (Å²) < 4.78 is 11.7. The number of aromatic nitrogens is 1. The molecule has 3 N–H and O–H groups in total. The lowest BCUT2D eigenvalue weighted by atomic mass is 10.1. The summed E-state index contributed by atoms with van der Waals surface area (Å²) in [5.41, 5.74) is 8.60. The number of likely N-dealkylation sites (N-methyl/N-ethyl adjacent to an activating group) is 1. The van der Waals surface area contributed by atoms with Crippen molar-refractivity contribution in [2.45, 2.75) is 19.8 Å². The van der Waals surface area contributed by atoms with Crippen LogP contribution in [0.25, 0.3) is 21.3 Å². The minimum absolute atomic E-state index is 0.220. The van der Waals surface area contributed by atoms with E-state index in [1.54, 1.807) is 0 Å². The second-order valence-corrected chi connectivity index (χ2v) is 7.33. The van der Waals surface area contributed by atoms with Gasteiger partial charge in [-0.15, -0.1) is 0 Å². The van der Waals surface area contributed by atoms with Gasteiger partial charge in [0, 0.05) is 23.2 Å². The highest BCUT2D eigenvalue weighted by atomic mass is 32.1. The number of aliphatic hydroxyl groups excluding tert-OH is 1. The first-order chi connectivity index (χ1) is 13.2. The Morgan fingerprint density at radius 3 is 2.67 bits per heavy atom. The molecule has 0 aliphatic rings. The average Bonchev–Trinajstić information content (AvgIpc) is 3.10. The van der Waals surface area contributed by atoms with Crippen LogP contribution in [-0.4, -0.2) is 47.2 Å². The average molecular weight is 386 g/mol. The fourth-order valence-corrected chi connectivity index (χ4v) is 3.88. The highest BCUT2D eigenvalue weighted by Crippen LogP contribution is 2.33. The van der Waals surface area contributed by atoms with Gasteiger partial charge in [0.15, 0.2) is 0 Å². The molecule has 0 fully saturated rings. The molecule has 0 saturated carbocycles. The monoisotopic (exact) mass is 385 g/mol. The third kappa shape index (κ3) is 5.19. The van der Waals surface area contributed by atoms with Crippen molar-refractivity contribution < 1.29 is 9.84 Å². The van der Waals surface area contributed by atoms with Crippen LogP contribution in [0.5, 0.6) is 5.75 Å². The Hall–Kier alpha value is -2.15. The van der Waals surface area contributed by atoms with Gasteiger partial charge in [-0.05, 0) is 67.8 Å². The number of hydrogen-bond acceptors (Lipinski definition) is 6. The molecule has 0 unspecified atom stereocenters. The van der Waals surface area contributed by atoms with Crippen molar-refractivity contribution >= 4 is 27.3 Å². The molecular weight excluding hydrogens is 358 g/mol. The van der Waals surface area contributed by atoms with Gasteiger partial charge in [-0.3, -0.25) is 0 Å². The number of aliphatic hydroxyl groups is 1. The summed E-state index contributed by atoms with van der Waals surface area (Å²) in [7, 11) is 0. The topological polar surface area (TPSA) is 71.6 Å². The van der Waals surface area contributed by atoms with Gasteiger partial charge in [0.25, 0.3) is 0 Å². The van der Waals surface area contributed by atoms with E-state index in [0.29, 0.717) is 6.61 Å². The third-order valence-corrected chi connectivity index (χ3v) is 5.44. The number of fused-ring (bicyclic) bond motifs is 1. The van der Waals surface area contributed by atoms with Crippen LogP contribution in [0, 0.1) is 0 Å². The summed E-state index contributed by atoms with van der Waals surface area (Å²) >= 11 is 1.49. The summed E-state index contributed by atoms with van der Waals surface area (Å²) in [5, 5.41) is 10.2. The summed E-state index contributed by atoms with van der Waals surface area (Å²) in [6.07, 6.45) is 2.07. The number of hydrogen-bond donors (Lipinski definition) is 2. The van der Waals surface area contributed by atoms with Crippen molar-refractivity contribution in [3.63, 3.8) is 0 Å². The van der Waals surface area contributed by atoms with Crippen LogP contribution in [0.2, 0.25) is 0 Å². The van der Waals surface area contributed by atoms with Crippen molar-refractivity contribution in [3.05, 3.63) is 42.5 Å². The number of rotatable bonds is 10. The molecule has 0 aliphatic heterocycles. The summed E-state index contributed by atoms with van der Waals surface area (Å²) in [4.78, 5) is 2.25. The lowest BCUT2D eigenvalue weighted by Crippen LogP contribution is -2.27. The number of unbranched alkanes of at least 4 members (excludes halogenated alkanes) is 1. The van der Waals surface area contributed by atoms with Crippen LogP contribution in [-0.2, 0) is 0 Å². The predicted octanol–water partition coefficient (Wildman–Crippen LogP) is 4.02. The van der Waals surface area contributed by atoms with Gasteiger partial charge < -0.3 is 20.5 Å². The quantitative estimate of drug-likeness (QED) is 0.407. The molecule has 0 atom stereocenters. The Kier molecular flexibility index (Phi) is 7.04. The number of nitrogens with zero attached hydrogens (tertiary/aromatic N) is 2. The highest BCUT2D eigenvalue weighted by Gasteiger charge is 2.09. The van der Waals surface area contributed by atoms with Gasteiger partial charge in [-0.25, -0.2) is 0 Å². The molecule has 2 aromatic carbocycles. The Bertz CT molecular complexity index is 848. The van der Waals surface area contributed by atoms with Crippen molar-refractivity contribution in [2.24, 2.45) is 0 Å². The minimum atomic E-state index is 0.220. The third-order valence-electron chi connectivity index (χ3n) is 4.63. The summed E-state index contributed by atoms with van der Waals surface area (Å²) in [6, 6.07) is 14.0. The first-order valence-corrected chi connectivity index (χ1v) is 10.2. The van der Waals surface area contributed by atoms with E-state index in [0.717, 1.165) is 65.3 Å². The summed E-state index contributed by atoms with van der Waals surface area (Å²) in [6.45, 7) is 5.76. The Labute approximate surface area is 164 Å². The fourth-order valence-electron chi connectivity index (χ4n) is 3.05. The molecule has 0 saturated heterocycles. The zero-order valence-corrected chi connectivity index (χ0v) is 16.5. The van der Waals surface area contributed by atoms with Crippen molar-refractivity contribution in [3.8, 4) is 17.0 Å². The standard InChI is InChI=1S/C21H27N3O2S/c1-2-24(12-13-25)11-3-4-14-26-18-9-10-19-20(15-18)27-23-21(19)16-5-7-17(22)8-6-16/h5-10,15,25H,2-4,11-14,22H2,1H3. The van der Waals surface area contributed by atoms with Gasteiger partial charge in [-0.2, -0.15) is 4.37 Å². The second-order valence-electron chi connectivity index (χ2n) is 6.52. The van der Waals surface area contributed by atoms with E-state index in [9.17, 15) is 0 Å². The maximum absolute atomic E-state index is 9.02. The Balaban J connectivity index is 1.55. The molecule has 0 radical (unpaired) electrons. The molecule has 0 amide bonds. The molecule has 3 aromatic rings. The highest BCUT2D eigenvalue weighted by molar-refractivity contribution is 7.13. The number of benzene rings is 2. The van der Waals surface area contributed by atoms with Crippen LogP contribution < -0.4 is 10.5 Å². The molecule has 27 heavy (non-hydrogen) atoms. The van der Waals surface area contributed by atoms with Gasteiger partial charge in [0.2, 0.25) is 0 Å². The fraction of sp³-hybridized carbons (Fsp3) is 0.381. The van der Waals surface area contributed by atoms with Crippen LogP contribution >= 0.6 is 11.5 Å². The molecule has 3 rings (SSSR count). The Morgan fingerprint density at radius 1 is 1.11 bits per heavy atom. The number of nitrogen functional groups attached to an aromatic ring is 1. The van der Waals surface area contributed by atoms with Crippen molar-refractivity contribution in [1.82, 2.24) is 9.27 Å². The van der Waals surface area contributed by atoms with E-state index in [-0.39, 0.29) is 6.61 Å². The molecule has 0 spiro atoms.